The van der Waals surface area contributed by atoms with Crippen molar-refractivity contribution >= 4 is 5.91 Å². The van der Waals surface area contributed by atoms with Crippen molar-refractivity contribution in [1.29, 1.82) is 0 Å². The van der Waals surface area contributed by atoms with Gasteiger partial charge in [-0.25, -0.2) is 4.68 Å². The first-order valence-corrected chi connectivity index (χ1v) is 5.90. The molecule has 1 heterocycles. The Bertz CT molecular complexity index is 521. The average molecular weight is 244 g/mol. The number of nitrogens with zero attached hydrogens (tertiary/aromatic N) is 4. The Morgan fingerprint density at radius 1 is 1.33 bits per heavy atom. The van der Waals surface area contributed by atoms with Gasteiger partial charge in [0.15, 0.2) is 5.69 Å². The summed E-state index contributed by atoms with van der Waals surface area (Å²) in [5.41, 5.74) is 1.51. The smallest absolute Gasteiger partial charge is 0.275 e. The van der Waals surface area contributed by atoms with Gasteiger partial charge in [0.05, 0.1) is 12.7 Å². The van der Waals surface area contributed by atoms with Crippen molar-refractivity contribution in [3.05, 3.63) is 47.8 Å². The van der Waals surface area contributed by atoms with Gasteiger partial charge < -0.3 is 4.90 Å². The van der Waals surface area contributed by atoms with Crippen LogP contribution in [-0.2, 0) is 6.54 Å². The van der Waals surface area contributed by atoms with Crippen LogP contribution in [0.25, 0.3) is 0 Å². The molecule has 1 aromatic carbocycles. The molecule has 0 aliphatic heterocycles. The van der Waals surface area contributed by atoms with Crippen LogP contribution < -0.4 is 0 Å². The second-order valence-electron chi connectivity index (χ2n) is 4.11. The first kappa shape index (κ1) is 12.3. The van der Waals surface area contributed by atoms with Gasteiger partial charge in [-0.05, 0) is 12.5 Å². The summed E-state index contributed by atoms with van der Waals surface area (Å²) in [5, 5.41) is 7.87. The molecule has 1 amide bonds. The molecule has 0 N–H and O–H groups in total. The van der Waals surface area contributed by atoms with Gasteiger partial charge in [-0.1, -0.05) is 35.5 Å². The minimum atomic E-state index is -0.100. The van der Waals surface area contributed by atoms with Gasteiger partial charge in [-0.3, -0.25) is 4.79 Å². The summed E-state index contributed by atoms with van der Waals surface area (Å²) in [5.74, 6) is -0.100. The highest BCUT2D eigenvalue weighted by atomic mass is 16.2. The number of hydrogen-bond donors (Lipinski definition) is 0. The molecule has 0 aliphatic rings. The summed E-state index contributed by atoms with van der Waals surface area (Å²) in [6, 6.07) is 9.95. The largest absolute Gasteiger partial charge is 0.341 e. The van der Waals surface area contributed by atoms with Crippen LogP contribution in [0, 0.1) is 0 Å². The fraction of sp³-hybridized carbons (Fsp3) is 0.308. The third-order valence-corrected chi connectivity index (χ3v) is 2.77. The molecule has 94 valence electrons. The number of hydrogen-bond acceptors (Lipinski definition) is 3. The monoisotopic (exact) mass is 244 g/mol. The number of rotatable bonds is 4. The van der Waals surface area contributed by atoms with E-state index in [0.29, 0.717) is 18.8 Å². The van der Waals surface area contributed by atoms with Crippen LogP contribution in [0.1, 0.15) is 23.0 Å². The van der Waals surface area contributed by atoms with E-state index in [0.717, 1.165) is 5.56 Å². The fourth-order valence-electron chi connectivity index (χ4n) is 1.58. The molecule has 0 radical (unpaired) electrons. The normalized spacial score (nSPS) is 10.3. The fourth-order valence-corrected chi connectivity index (χ4v) is 1.58. The Hall–Kier alpha value is -2.17. The highest BCUT2D eigenvalue weighted by molar-refractivity contribution is 5.91. The molecule has 0 saturated carbocycles. The van der Waals surface area contributed by atoms with E-state index >= 15 is 0 Å². The van der Waals surface area contributed by atoms with E-state index in [2.05, 4.69) is 10.3 Å². The summed E-state index contributed by atoms with van der Waals surface area (Å²) < 4.78 is 1.67. The van der Waals surface area contributed by atoms with Crippen LogP contribution in [0.15, 0.2) is 36.5 Å². The van der Waals surface area contributed by atoms with Crippen molar-refractivity contribution in [2.24, 2.45) is 0 Å². The molecule has 0 unspecified atom stereocenters. The zero-order chi connectivity index (χ0) is 13.0. The van der Waals surface area contributed by atoms with Gasteiger partial charge >= 0.3 is 0 Å². The summed E-state index contributed by atoms with van der Waals surface area (Å²) in [6.45, 7) is 3.20. The van der Waals surface area contributed by atoms with Gasteiger partial charge in [0.25, 0.3) is 5.91 Å². The molecule has 0 saturated heterocycles. The summed E-state index contributed by atoms with van der Waals surface area (Å²) >= 11 is 0. The van der Waals surface area contributed by atoms with Crippen molar-refractivity contribution in [1.82, 2.24) is 19.9 Å². The zero-order valence-corrected chi connectivity index (χ0v) is 10.6. The number of carbonyl (C=O) groups is 1. The van der Waals surface area contributed by atoms with Crippen LogP contribution >= 0.6 is 0 Å². The first-order chi connectivity index (χ1) is 8.70. The maximum Gasteiger partial charge on any atom is 0.275 e. The molecule has 0 spiro atoms. The van der Waals surface area contributed by atoms with Gasteiger partial charge in [0, 0.05) is 13.6 Å². The lowest BCUT2D eigenvalue weighted by molar-refractivity contribution is 0.0796. The standard InChI is InChI=1S/C13H16N4O/c1-3-16(2)13(18)12-10-17(15-14-12)9-11-7-5-4-6-8-11/h4-8,10H,3,9H2,1-2H3. The lowest BCUT2D eigenvalue weighted by atomic mass is 10.2. The third kappa shape index (κ3) is 2.74. The predicted molar refractivity (Wildman–Crippen MR) is 68.2 cm³/mol. The minimum absolute atomic E-state index is 0.100. The molecule has 5 heteroatoms. The van der Waals surface area contributed by atoms with Crippen LogP contribution in [0.3, 0.4) is 0 Å². The Morgan fingerprint density at radius 3 is 2.72 bits per heavy atom. The van der Waals surface area contributed by atoms with E-state index in [9.17, 15) is 4.79 Å². The van der Waals surface area contributed by atoms with E-state index < -0.39 is 0 Å². The molecule has 0 aliphatic carbocycles. The summed E-state index contributed by atoms with van der Waals surface area (Å²) in [6.07, 6.45) is 1.68. The summed E-state index contributed by atoms with van der Waals surface area (Å²) in [4.78, 5) is 13.5. The van der Waals surface area contributed by atoms with Crippen molar-refractivity contribution in [3.8, 4) is 0 Å². The van der Waals surface area contributed by atoms with Crippen LogP contribution in [0.2, 0.25) is 0 Å². The Labute approximate surface area is 106 Å². The van der Waals surface area contributed by atoms with E-state index in [1.807, 2.05) is 37.3 Å². The summed E-state index contributed by atoms with van der Waals surface area (Å²) in [7, 11) is 1.75. The molecule has 0 atom stereocenters. The first-order valence-electron chi connectivity index (χ1n) is 5.90. The van der Waals surface area contributed by atoms with Crippen molar-refractivity contribution in [2.45, 2.75) is 13.5 Å². The van der Waals surface area contributed by atoms with Crippen molar-refractivity contribution in [2.75, 3.05) is 13.6 Å². The highest BCUT2D eigenvalue weighted by Crippen LogP contribution is 2.03. The lowest BCUT2D eigenvalue weighted by Crippen LogP contribution is -2.26. The third-order valence-electron chi connectivity index (χ3n) is 2.77. The molecule has 2 rings (SSSR count). The Kier molecular flexibility index (Phi) is 3.72. The van der Waals surface area contributed by atoms with Gasteiger partial charge in [-0.2, -0.15) is 0 Å². The van der Waals surface area contributed by atoms with Crippen molar-refractivity contribution in [3.63, 3.8) is 0 Å². The van der Waals surface area contributed by atoms with E-state index in [-0.39, 0.29) is 5.91 Å². The molecular formula is C13H16N4O. The molecule has 2 aromatic rings. The zero-order valence-electron chi connectivity index (χ0n) is 10.6. The van der Waals surface area contributed by atoms with E-state index in [4.69, 9.17) is 0 Å². The molecular weight excluding hydrogens is 228 g/mol. The van der Waals surface area contributed by atoms with E-state index in [1.54, 1.807) is 22.8 Å². The Balaban J connectivity index is 2.09. The second-order valence-corrected chi connectivity index (χ2v) is 4.11. The minimum Gasteiger partial charge on any atom is -0.341 e. The second kappa shape index (κ2) is 5.44. The van der Waals surface area contributed by atoms with E-state index in [1.165, 1.54) is 0 Å². The highest BCUT2D eigenvalue weighted by Gasteiger charge is 2.14. The number of amides is 1. The molecule has 0 bridgehead atoms. The van der Waals surface area contributed by atoms with Crippen LogP contribution in [0.4, 0.5) is 0 Å². The lowest BCUT2D eigenvalue weighted by Gasteiger charge is -2.11. The van der Waals surface area contributed by atoms with Crippen molar-refractivity contribution < 1.29 is 4.79 Å². The number of aromatic nitrogens is 3. The predicted octanol–water partition coefficient (Wildman–Crippen LogP) is 1.42. The molecule has 5 nitrogen and oxygen atoms in total. The van der Waals surface area contributed by atoms with Gasteiger partial charge in [0.1, 0.15) is 0 Å². The Morgan fingerprint density at radius 2 is 2.06 bits per heavy atom. The van der Waals surface area contributed by atoms with Crippen LogP contribution in [0.5, 0.6) is 0 Å². The molecule has 18 heavy (non-hydrogen) atoms. The van der Waals surface area contributed by atoms with Gasteiger partial charge in [0.2, 0.25) is 0 Å². The topological polar surface area (TPSA) is 51.0 Å². The van der Waals surface area contributed by atoms with Crippen LogP contribution in [-0.4, -0.2) is 39.4 Å². The molecule has 0 fully saturated rings. The molecule has 1 aromatic heterocycles. The quantitative estimate of drug-likeness (QED) is 0.817. The van der Waals surface area contributed by atoms with Gasteiger partial charge in [-0.15, -0.1) is 5.10 Å². The number of carbonyl (C=O) groups excluding carboxylic acids is 1. The maximum atomic E-state index is 11.9. The maximum absolute atomic E-state index is 11.9. The number of benzene rings is 1. The SMILES string of the molecule is CCN(C)C(=O)c1cn(Cc2ccccc2)nn1. The average Bonchev–Trinajstić information content (AvgIpc) is 2.86.